The zero-order valence-corrected chi connectivity index (χ0v) is 20.1. The van der Waals surface area contributed by atoms with Gasteiger partial charge in [-0.15, -0.1) is 0 Å². The third-order valence-electron chi connectivity index (χ3n) is 7.83. The number of urea groups is 1. The average Bonchev–Trinajstić information content (AvgIpc) is 3.44. The highest BCUT2D eigenvalue weighted by molar-refractivity contribution is 6.07. The maximum absolute atomic E-state index is 13.7. The summed E-state index contributed by atoms with van der Waals surface area (Å²) in [6, 6.07) is 9.87. The molecule has 2 aliphatic heterocycles. The minimum absolute atomic E-state index is 0.0367. The third-order valence-corrected chi connectivity index (χ3v) is 7.83. The molecule has 33 heavy (non-hydrogen) atoms. The van der Waals surface area contributed by atoms with Gasteiger partial charge in [0, 0.05) is 32.1 Å². The van der Waals surface area contributed by atoms with Gasteiger partial charge in [0.25, 0.3) is 5.91 Å². The smallest absolute Gasteiger partial charge is 0.325 e. The molecule has 0 aromatic heterocycles. The van der Waals surface area contributed by atoms with Gasteiger partial charge in [-0.25, -0.2) is 4.79 Å². The van der Waals surface area contributed by atoms with Crippen LogP contribution in [0.2, 0.25) is 0 Å². The summed E-state index contributed by atoms with van der Waals surface area (Å²) in [5.41, 5.74) is 0.279. The normalized spacial score (nSPS) is 24.7. The summed E-state index contributed by atoms with van der Waals surface area (Å²) in [5, 5.41) is 3.15. The number of hydrogen-bond acceptors (Lipinski definition) is 4. The summed E-state index contributed by atoms with van der Waals surface area (Å²) in [7, 11) is 3.89. The minimum Gasteiger partial charge on any atom is -0.342 e. The Morgan fingerprint density at radius 2 is 1.73 bits per heavy atom. The Balaban J connectivity index is 1.49. The molecular weight excluding hydrogens is 416 g/mol. The van der Waals surface area contributed by atoms with Crippen LogP contribution in [0.25, 0.3) is 0 Å². The van der Waals surface area contributed by atoms with Crippen molar-refractivity contribution in [3.8, 4) is 0 Å². The molecule has 7 heteroatoms. The number of rotatable bonds is 8. The predicted octanol–water partition coefficient (Wildman–Crippen LogP) is 2.90. The maximum atomic E-state index is 13.7. The molecule has 1 aromatic carbocycles. The van der Waals surface area contributed by atoms with E-state index in [0.29, 0.717) is 38.5 Å². The standard InChI is InChI=1S/C26H38N4O3/c1-28(2)18-19-30-24(32)26(27-25(30)33,15-12-20-8-4-3-5-9-20)22-13-16-29(17-14-22)23(31)21-10-6-7-11-21/h3-5,8-9,21-22H,6-7,10-19H2,1-2H3,(H,27,33). The van der Waals surface area contributed by atoms with Gasteiger partial charge in [-0.2, -0.15) is 0 Å². The van der Waals surface area contributed by atoms with Crippen LogP contribution in [0.3, 0.4) is 0 Å². The van der Waals surface area contributed by atoms with Gasteiger partial charge in [0.15, 0.2) is 0 Å². The van der Waals surface area contributed by atoms with Crippen LogP contribution in [0.15, 0.2) is 30.3 Å². The number of carbonyl (C=O) groups is 3. The highest BCUT2D eigenvalue weighted by Gasteiger charge is 2.55. The number of carbonyl (C=O) groups excluding carboxylic acids is 3. The molecule has 1 saturated carbocycles. The lowest BCUT2D eigenvalue weighted by Gasteiger charge is -2.41. The highest BCUT2D eigenvalue weighted by atomic mass is 16.2. The molecule has 2 heterocycles. The zero-order chi connectivity index (χ0) is 23.4. The van der Waals surface area contributed by atoms with Crippen LogP contribution >= 0.6 is 0 Å². The van der Waals surface area contributed by atoms with Crippen molar-refractivity contribution < 1.29 is 14.4 Å². The zero-order valence-electron chi connectivity index (χ0n) is 20.1. The number of nitrogens with zero attached hydrogens (tertiary/aromatic N) is 3. The van der Waals surface area contributed by atoms with Gasteiger partial charge in [0.2, 0.25) is 5.91 Å². The SMILES string of the molecule is CN(C)CCN1C(=O)NC(CCc2ccccc2)(C2CCN(C(=O)C3CCCC3)CC2)C1=O. The molecule has 3 aliphatic rings. The van der Waals surface area contributed by atoms with Gasteiger partial charge in [0.05, 0.1) is 0 Å². The predicted molar refractivity (Wildman–Crippen MR) is 128 cm³/mol. The molecule has 7 nitrogen and oxygen atoms in total. The van der Waals surface area contributed by atoms with Crippen molar-refractivity contribution in [1.29, 1.82) is 0 Å². The summed E-state index contributed by atoms with van der Waals surface area (Å²) in [6.07, 6.45) is 7.14. The third kappa shape index (κ3) is 5.08. The topological polar surface area (TPSA) is 73.0 Å². The molecule has 0 bridgehead atoms. The fourth-order valence-corrected chi connectivity index (χ4v) is 5.81. The lowest BCUT2D eigenvalue weighted by Crippen LogP contribution is -2.57. The van der Waals surface area contributed by atoms with E-state index < -0.39 is 5.54 Å². The molecule has 4 amide bonds. The van der Waals surface area contributed by atoms with Crippen molar-refractivity contribution in [2.75, 3.05) is 40.3 Å². The van der Waals surface area contributed by atoms with E-state index in [1.807, 2.05) is 42.1 Å². The van der Waals surface area contributed by atoms with Gasteiger partial charge >= 0.3 is 6.03 Å². The monoisotopic (exact) mass is 454 g/mol. The number of likely N-dealkylation sites (tertiary alicyclic amines) is 1. The van der Waals surface area contributed by atoms with Crippen molar-refractivity contribution in [2.24, 2.45) is 11.8 Å². The first-order valence-corrected chi connectivity index (χ1v) is 12.5. The summed E-state index contributed by atoms with van der Waals surface area (Å²) in [4.78, 5) is 45.0. The molecule has 0 radical (unpaired) electrons. The molecule has 1 aromatic rings. The van der Waals surface area contributed by atoms with E-state index in [1.54, 1.807) is 0 Å². The van der Waals surface area contributed by atoms with Crippen LogP contribution in [-0.4, -0.2) is 78.4 Å². The quantitative estimate of drug-likeness (QED) is 0.613. The molecule has 1 unspecified atom stereocenters. The van der Waals surface area contributed by atoms with Crippen LogP contribution in [0.4, 0.5) is 4.79 Å². The Hall–Kier alpha value is -2.41. The van der Waals surface area contributed by atoms with Crippen LogP contribution in [0.5, 0.6) is 0 Å². The van der Waals surface area contributed by atoms with E-state index in [0.717, 1.165) is 44.9 Å². The van der Waals surface area contributed by atoms with E-state index in [9.17, 15) is 14.4 Å². The lowest BCUT2D eigenvalue weighted by atomic mass is 9.74. The number of aryl methyl sites for hydroxylation is 1. The number of benzene rings is 1. The first-order valence-electron chi connectivity index (χ1n) is 12.5. The fraction of sp³-hybridized carbons (Fsp3) is 0.654. The maximum Gasteiger partial charge on any atom is 0.325 e. The van der Waals surface area contributed by atoms with Crippen LogP contribution < -0.4 is 5.32 Å². The van der Waals surface area contributed by atoms with Crippen molar-refractivity contribution in [1.82, 2.24) is 20.0 Å². The van der Waals surface area contributed by atoms with Crippen molar-refractivity contribution >= 4 is 17.8 Å². The Kier molecular flexibility index (Phi) is 7.37. The van der Waals surface area contributed by atoms with Crippen LogP contribution in [0.1, 0.15) is 50.5 Å². The summed E-state index contributed by atoms with van der Waals surface area (Å²) in [6.45, 7) is 2.38. The minimum atomic E-state index is -0.887. The van der Waals surface area contributed by atoms with Crippen molar-refractivity contribution in [3.05, 3.63) is 35.9 Å². The second kappa shape index (κ2) is 10.2. The largest absolute Gasteiger partial charge is 0.342 e. The molecule has 2 saturated heterocycles. The van der Waals surface area contributed by atoms with Gasteiger partial charge in [-0.1, -0.05) is 43.2 Å². The second-order valence-corrected chi connectivity index (χ2v) is 10.2. The molecular formula is C26H38N4O3. The molecule has 0 spiro atoms. The summed E-state index contributed by atoms with van der Waals surface area (Å²) < 4.78 is 0. The lowest BCUT2D eigenvalue weighted by molar-refractivity contribution is -0.138. The van der Waals surface area contributed by atoms with Crippen molar-refractivity contribution in [2.45, 2.75) is 56.9 Å². The van der Waals surface area contributed by atoms with Gasteiger partial charge in [-0.05, 0) is 64.1 Å². The summed E-state index contributed by atoms with van der Waals surface area (Å²) >= 11 is 0. The van der Waals surface area contributed by atoms with E-state index >= 15 is 0 Å². The number of nitrogens with one attached hydrogen (secondary N) is 1. The molecule has 3 fully saturated rings. The Morgan fingerprint density at radius 1 is 1.06 bits per heavy atom. The first-order chi connectivity index (χ1) is 15.9. The van der Waals surface area contributed by atoms with Gasteiger partial charge in [0.1, 0.15) is 5.54 Å². The Morgan fingerprint density at radius 3 is 2.36 bits per heavy atom. The fourth-order valence-electron chi connectivity index (χ4n) is 5.81. The average molecular weight is 455 g/mol. The first kappa shape index (κ1) is 23.7. The van der Waals surface area contributed by atoms with Crippen LogP contribution in [0, 0.1) is 11.8 Å². The number of amides is 4. The molecule has 1 N–H and O–H groups in total. The van der Waals surface area contributed by atoms with Gasteiger partial charge in [-0.3, -0.25) is 14.5 Å². The van der Waals surface area contributed by atoms with Crippen LogP contribution in [-0.2, 0) is 16.0 Å². The molecule has 1 atom stereocenters. The number of hydrogen-bond donors (Lipinski definition) is 1. The number of imide groups is 1. The van der Waals surface area contributed by atoms with E-state index in [1.165, 1.54) is 10.5 Å². The second-order valence-electron chi connectivity index (χ2n) is 10.2. The Labute approximate surface area is 197 Å². The molecule has 1 aliphatic carbocycles. The summed E-state index contributed by atoms with van der Waals surface area (Å²) in [5.74, 6) is 0.419. The van der Waals surface area contributed by atoms with E-state index in [2.05, 4.69) is 17.4 Å². The number of piperidine rings is 1. The number of likely N-dealkylation sites (N-methyl/N-ethyl adjacent to an activating group) is 1. The van der Waals surface area contributed by atoms with Crippen molar-refractivity contribution in [3.63, 3.8) is 0 Å². The molecule has 4 rings (SSSR count). The Bertz CT molecular complexity index is 844. The molecule has 180 valence electrons. The highest BCUT2D eigenvalue weighted by Crippen LogP contribution is 2.38. The van der Waals surface area contributed by atoms with Gasteiger partial charge < -0.3 is 15.1 Å². The van der Waals surface area contributed by atoms with E-state index in [-0.39, 0.29) is 23.8 Å². The van der Waals surface area contributed by atoms with E-state index in [4.69, 9.17) is 0 Å².